The zero-order chi connectivity index (χ0) is 18.4. The standard InChI is InChI=1S/C20H15F3O2/c1-11-4-3-5-15-17(11)18(24)12(2)16(19(15)25)10-13-6-8-14(9-7-13)20(21,22)23/h3-9,24-25H,1-2,10H2. The van der Waals surface area contributed by atoms with Crippen LogP contribution in [0.25, 0.3) is 23.9 Å². The maximum Gasteiger partial charge on any atom is 0.416 e. The zero-order valence-corrected chi connectivity index (χ0v) is 13.2. The van der Waals surface area contributed by atoms with Crippen molar-refractivity contribution in [1.29, 1.82) is 0 Å². The fraction of sp³-hybridized carbons (Fsp3) is 0.100. The van der Waals surface area contributed by atoms with Crippen LogP contribution in [0, 0.1) is 0 Å². The first-order valence-corrected chi connectivity index (χ1v) is 7.49. The third-order valence-electron chi connectivity index (χ3n) is 4.24. The van der Waals surface area contributed by atoms with Crippen LogP contribution in [0.4, 0.5) is 13.2 Å². The second-order valence-electron chi connectivity index (χ2n) is 5.87. The molecule has 3 aromatic carbocycles. The van der Waals surface area contributed by atoms with Crippen molar-refractivity contribution in [2.75, 3.05) is 0 Å². The van der Waals surface area contributed by atoms with Gasteiger partial charge in [-0.25, -0.2) is 0 Å². The first-order chi connectivity index (χ1) is 11.7. The Morgan fingerprint density at radius 1 is 0.880 bits per heavy atom. The maximum atomic E-state index is 12.7. The van der Waals surface area contributed by atoms with Crippen molar-refractivity contribution in [2.24, 2.45) is 0 Å². The van der Waals surface area contributed by atoms with Gasteiger partial charge in [0, 0.05) is 28.0 Å². The van der Waals surface area contributed by atoms with Crippen LogP contribution in [0.3, 0.4) is 0 Å². The molecule has 3 aromatic rings. The maximum absolute atomic E-state index is 12.7. The number of aromatic hydroxyl groups is 2. The van der Waals surface area contributed by atoms with Gasteiger partial charge in [0.1, 0.15) is 11.5 Å². The number of alkyl halides is 3. The van der Waals surface area contributed by atoms with Crippen molar-refractivity contribution >= 4 is 23.9 Å². The van der Waals surface area contributed by atoms with Crippen LogP contribution in [0.1, 0.15) is 16.7 Å². The van der Waals surface area contributed by atoms with Gasteiger partial charge in [-0.2, -0.15) is 13.2 Å². The van der Waals surface area contributed by atoms with Gasteiger partial charge in [0.05, 0.1) is 5.56 Å². The highest BCUT2D eigenvalue weighted by molar-refractivity contribution is 5.94. The van der Waals surface area contributed by atoms with Crippen LogP contribution < -0.4 is 10.4 Å². The predicted molar refractivity (Wildman–Crippen MR) is 91.8 cm³/mol. The molecule has 25 heavy (non-hydrogen) atoms. The summed E-state index contributed by atoms with van der Waals surface area (Å²) < 4.78 is 38.0. The largest absolute Gasteiger partial charge is 0.507 e. The van der Waals surface area contributed by atoms with E-state index in [9.17, 15) is 23.4 Å². The Morgan fingerprint density at radius 3 is 2.12 bits per heavy atom. The number of rotatable bonds is 2. The van der Waals surface area contributed by atoms with E-state index in [0.717, 1.165) is 12.1 Å². The zero-order valence-electron chi connectivity index (χ0n) is 13.2. The smallest absolute Gasteiger partial charge is 0.416 e. The molecule has 0 unspecified atom stereocenters. The molecule has 0 heterocycles. The molecule has 0 aliphatic carbocycles. The normalized spacial score (nSPS) is 11.8. The lowest BCUT2D eigenvalue weighted by Crippen LogP contribution is -2.13. The summed E-state index contributed by atoms with van der Waals surface area (Å²) in [7, 11) is 0. The molecule has 0 fully saturated rings. The fourth-order valence-corrected chi connectivity index (χ4v) is 2.88. The highest BCUT2D eigenvalue weighted by Gasteiger charge is 2.30. The summed E-state index contributed by atoms with van der Waals surface area (Å²) >= 11 is 0. The summed E-state index contributed by atoms with van der Waals surface area (Å²) in [6, 6.07) is 9.73. The molecule has 0 atom stereocenters. The number of hydrogen-bond acceptors (Lipinski definition) is 2. The molecule has 0 radical (unpaired) electrons. The number of hydrogen-bond donors (Lipinski definition) is 2. The van der Waals surface area contributed by atoms with Gasteiger partial charge < -0.3 is 10.2 Å². The summed E-state index contributed by atoms with van der Waals surface area (Å²) in [5.41, 5.74) is 0.200. The molecule has 3 rings (SSSR count). The van der Waals surface area contributed by atoms with E-state index in [1.165, 1.54) is 12.1 Å². The lowest BCUT2D eigenvalue weighted by Gasteiger charge is -2.13. The number of phenols is 2. The molecular weight excluding hydrogens is 329 g/mol. The van der Waals surface area contributed by atoms with Crippen molar-refractivity contribution in [2.45, 2.75) is 12.6 Å². The first kappa shape index (κ1) is 16.9. The van der Waals surface area contributed by atoms with Crippen molar-refractivity contribution in [3.63, 3.8) is 0 Å². The minimum atomic E-state index is -4.40. The van der Waals surface area contributed by atoms with Crippen molar-refractivity contribution < 1.29 is 23.4 Å². The average Bonchev–Trinajstić information content (AvgIpc) is 2.56. The molecule has 0 amide bonds. The van der Waals surface area contributed by atoms with Gasteiger partial charge in [-0.1, -0.05) is 43.5 Å². The fourth-order valence-electron chi connectivity index (χ4n) is 2.88. The molecular formula is C20H15F3O2. The summed E-state index contributed by atoms with van der Waals surface area (Å²) in [5.74, 6) is -0.136. The van der Waals surface area contributed by atoms with Crippen LogP contribution in [-0.2, 0) is 12.6 Å². The van der Waals surface area contributed by atoms with Crippen LogP contribution in [0.2, 0.25) is 0 Å². The summed E-state index contributed by atoms with van der Waals surface area (Å²) in [6.07, 6.45) is -4.25. The molecule has 0 spiro atoms. The topological polar surface area (TPSA) is 40.5 Å². The molecule has 0 aliphatic heterocycles. The van der Waals surface area contributed by atoms with Gasteiger partial charge in [-0.05, 0) is 22.9 Å². The number of benzene rings is 3. The third-order valence-corrected chi connectivity index (χ3v) is 4.24. The quantitative estimate of drug-likeness (QED) is 0.696. The van der Waals surface area contributed by atoms with Crippen LogP contribution >= 0.6 is 0 Å². The van der Waals surface area contributed by atoms with Gasteiger partial charge in [-0.15, -0.1) is 0 Å². The van der Waals surface area contributed by atoms with Crippen molar-refractivity contribution in [1.82, 2.24) is 0 Å². The monoisotopic (exact) mass is 344 g/mol. The van der Waals surface area contributed by atoms with Crippen LogP contribution in [0.15, 0.2) is 42.5 Å². The minimum absolute atomic E-state index is 0.0526. The Balaban J connectivity index is 2.11. The van der Waals surface area contributed by atoms with Gasteiger partial charge in [0.25, 0.3) is 0 Å². The van der Waals surface area contributed by atoms with E-state index in [-0.39, 0.29) is 23.1 Å². The van der Waals surface area contributed by atoms with E-state index in [4.69, 9.17) is 0 Å². The molecule has 0 saturated heterocycles. The number of fused-ring (bicyclic) bond motifs is 1. The molecule has 5 heteroatoms. The van der Waals surface area contributed by atoms with Crippen LogP contribution in [0.5, 0.6) is 11.5 Å². The van der Waals surface area contributed by atoms with Crippen molar-refractivity contribution in [3.8, 4) is 11.5 Å². The van der Waals surface area contributed by atoms with E-state index in [1.54, 1.807) is 18.2 Å². The van der Waals surface area contributed by atoms with Crippen LogP contribution in [-0.4, -0.2) is 10.2 Å². The van der Waals surface area contributed by atoms with Crippen molar-refractivity contribution in [3.05, 3.63) is 69.6 Å². The minimum Gasteiger partial charge on any atom is -0.507 e. The SMILES string of the molecule is C=c1c(Cc2ccc(C(F)(F)F)cc2)c(O)c2cccc(=C)c2c1O. The summed E-state index contributed by atoms with van der Waals surface area (Å²) in [5, 5.41) is 22.6. The Labute approximate surface area is 141 Å². The van der Waals surface area contributed by atoms with Gasteiger partial charge in [-0.3, -0.25) is 0 Å². The van der Waals surface area contributed by atoms with Gasteiger partial charge >= 0.3 is 6.18 Å². The van der Waals surface area contributed by atoms with E-state index in [0.29, 0.717) is 27.1 Å². The van der Waals surface area contributed by atoms with E-state index >= 15 is 0 Å². The Bertz CT molecular complexity index is 1050. The second-order valence-corrected chi connectivity index (χ2v) is 5.87. The highest BCUT2D eigenvalue weighted by Crippen LogP contribution is 2.32. The van der Waals surface area contributed by atoms with Gasteiger partial charge in [0.2, 0.25) is 0 Å². The number of phenolic OH excluding ortho intramolecular Hbond substituents is 2. The molecule has 0 aliphatic rings. The highest BCUT2D eigenvalue weighted by atomic mass is 19.4. The predicted octanol–water partition coefficient (Wildman–Crippen LogP) is 3.68. The Hall–Kier alpha value is -2.95. The molecule has 2 N–H and O–H groups in total. The van der Waals surface area contributed by atoms with E-state index in [1.807, 2.05) is 0 Å². The molecule has 128 valence electrons. The molecule has 0 bridgehead atoms. The lowest BCUT2D eigenvalue weighted by molar-refractivity contribution is -0.137. The second kappa shape index (κ2) is 5.84. The molecule has 0 saturated carbocycles. The third kappa shape index (κ3) is 2.93. The van der Waals surface area contributed by atoms with E-state index < -0.39 is 11.7 Å². The lowest BCUT2D eigenvalue weighted by atomic mass is 9.95. The average molecular weight is 344 g/mol. The summed E-state index contributed by atoms with van der Waals surface area (Å²) in [4.78, 5) is 0. The van der Waals surface area contributed by atoms with E-state index in [2.05, 4.69) is 13.2 Å². The number of halogens is 3. The Morgan fingerprint density at radius 2 is 1.52 bits per heavy atom. The molecule has 2 nitrogen and oxygen atoms in total. The van der Waals surface area contributed by atoms with Gasteiger partial charge in [0.15, 0.2) is 0 Å². The molecule has 0 aromatic heterocycles. The first-order valence-electron chi connectivity index (χ1n) is 7.49. The Kier molecular flexibility index (Phi) is 3.95. The summed E-state index contributed by atoms with van der Waals surface area (Å²) in [6.45, 7) is 7.64.